The van der Waals surface area contributed by atoms with Crippen molar-refractivity contribution in [1.82, 2.24) is 10.2 Å². The smallest absolute Gasteiger partial charge is 0.341 e. The number of urea groups is 1. The Bertz CT molecular complexity index is 723. The van der Waals surface area contributed by atoms with E-state index in [2.05, 4.69) is 5.32 Å². The van der Waals surface area contributed by atoms with Crippen LogP contribution in [0.25, 0.3) is 0 Å². The van der Waals surface area contributed by atoms with Crippen molar-refractivity contribution in [2.45, 2.75) is 45.1 Å². The third kappa shape index (κ3) is 6.01. The number of carbonyl (C=O) groups excluding carboxylic acids is 2. The third-order valence-electron chi connectivity index (χ3n) is 4.48. The van der Waals surface area contributed by atoms with E-state index >= 15 is 0 Å². The number of rotatable bonds is 4. The summed E-state index contributed by atoms with van der Waals surface area (Å²) in [5.74, 6) is -0.672. The predicted molar refractivity (Wildman–Crippen MR) is 93.0 cm³/mol. The molecule has 1 atom stereocenters. The first kappa shape index (κ1) is 22.8. The van der Waals surface area contributed by atoms with Crippen molar-refractivity contribution in [2.24, 2.45) is 5.92 Å². The first-order valence-electron chi connectivity index (χ1n) is 8.95. The van der Waals surface area contributed by atoms with Gasteiger partial charge in [-0.15, -0.1) is 0 Å². The van der Waals surface area contributed by atoms with E-state index in [-0.39, 0.29) is 17.9 Å². The molecular weight excluding hydrogens is 404 g/mol. The van der Waals surface area contributed by atoms with Crippen LogP contribution < -0.4 is 10.6 Å². The van der Waals surface area contributed by atoms with Gasteiger partial charge in [-0.1, -0.05) is 13.8 Å². The molecule has 0 aromatic heterocycles. The Hall–Kier alpha value is -2.46. The van der Waals surface area contributed by atoms with Crippen molar-refractivity contribution in [3.63, 3.8) is 0 Å². The molecule has 3 amide bonds. The fourth-order valence-electron chi connectivity index (χ4n) is 2.98. The predicted octanol–water partition coefficient (Wildman–Crippen LogP) is 4.49. The molecule has 2 N–H and O–H groups in total. The van der Waals surface area contributed by atoms with Crippen LogP contribution in [-0.4, -0.2) is 36.0 Å². The largest absolute Gasteiger partial charge is 0.416 e. The molecule has 1 saturated heterocycles. The fourth-order valence-corrected chi connectivity index (χ4v) is 2.98. The molecule has 162 valence electrons. The summed E-state index contributed by atoms with van der Waals surface area (Å²) < 4.78 is 77.5. The van der Waals surface area contributed by atoms with Crippen molar-refractivity contribution in [3.05, 3.63) is 29.3 Å². The van der Waals surface area contributed by atoms with Crippen LogP contribution in [0.1, 0.15) is 37.8 Å². The zero-order chi connectivity index (χ0) is 22.0. The summed E-state index contributed by atoms with van der Waals surface area (Å²) in [6.45, 7) is 4.41. The van der Waals surface area contributed by atoms with Crippen molar-refractivity contribution in [2.75, 3.05) is 18.4 Å². The summed E-state index contributed by atoms with van der Waals surface area (Å²) in [5.41, 5.74) is -3.77. The maximum atomic E-state index is 12.9. The number of halogens is 6. The fraction of sp³-hybridized carbons (Fsp3) is 0.556. The zero-order valence-corrected chi connectivity index (χ0v) is 15.7. The number of benzene rings is 1. The van der Waals surface area contributed by atoms with Gasteiger partial charge in [0.25, 0.3) is 0 Å². The summed E-state index contributed by atoms with van der Waals surface area (Å²) in [7, 11) is 0. The van der Waals surface area contributed by atoms with E-state index in [1.807, 2.05) is 5.32 Å². The van der Waals surface area contributed by atoms with E-state index in [4.69, 9.17) is 0 Å². The molecular formula is C18H21F6N3O2. The Morgan fingerprint density at radius 3 is 1.83 bits per heavy atom. The lowest BCUT2D eigenvalue weighted by molar-refractivity contribution is -0.143. The minimum absolute atomic E-state index is 0.0308. The highest BCUT2D eigenvalue weighted by atomic mass is 19.4. The lowest BCUT2D eigenvalue weighted by Gasteiger charge is -2.26. The first-order chi connectivity index (χ1) is 13.3. The lowest BCUT2D eigenvalue weighted by Crippen LogP contribution is -2.51. The van der Waals surface area contributed by atoms with Crippen molar-refractivity contribution >= 4 is 17.6 Å². The number of carbonyl (C=O) groups is 2. The second-order valence-corrected chi connectivity index (χ2v) is 7.15. The maximum Gasteiger partial charge on any atom is 0.416 e. The highest BCUT2D eigenvalue weighted by Gasteiger charge is 2.37. The van der Waals surface area contributed by atoms with Gasteiger partial charge in [-0.05, 0) is 37.0 Å². The van der Waals surface area contributed by atoms with Crippen molar-refractivity contribution in [3.8, 4) is 0 Å². The van der Waals surface area contributed by atoms with Crippen LogP contribution in [-0.2, 0) is 17.1 Å². The number of alkyl halides is 6. The van der Waals surface area contributed by atoms with Crippen LogP contribution in [0.5, 0.6) is 0 Å². The van der Waals surface area contributed by atoms with Crippen LogP contribution in [0.4, 0.5) is 36.8 Å². The Morgan fingerprint density at radius 2 is 1.41 bits per heavy atom. The summed E-state index contributed by atoms with van der Waals surface area (Å²) >= 11 is 0. The molecule has 0 radical (unpaired) electrons. The second-order valence-electron chi connectivity index (χ2n) is 7.15. The molecule has 29 heavy (non-hydrogen) atoms. The average Bonchev–Trinajstić information content (AvgIpc) is 3.11. The van der Waals surface area contributed by atoms with E-state index in [0.717, 1.165) is 12.8 Å². The Labute approximate surface area is 163 Å². The van der Waals surface area contributed by atoms with Gasteiger partial charge < -0.3 is 15.5 Å². The van der Waals surface area contributed by atoms with Crippen LogP contribution >= 0.6 is 0 Å². The molecule has 1 heterocycles. The monoisotopic (exact) mass is 425 g/mol. The number of hydrogen-bond acceptors (Lipinski definition) is 2. The number of hydrogen-bond donors (Lipinski definition) is 2. The van der Waals surface area contributed by atoms with Crippen LogP contribution in [0.2, 0.25) is 0 Å². The molecule has 1 unspecified atom stereocenters. The van der Waals surface area contributed by atoms with Crippen LogP contribution in [0.3, 0.4) is 0 Å². The number of likely N-dealkylation sites (tertiary alicyclic amines) is 1. The van der Waals surface area contributed by atoms with Crippen LogP contribution in [0, 0.1) is 5.92 Å². The molecule has 11 heteroatoms. The average molecular weight is 425 g/mol. The number of amides is 3. The molecule has 5 nitrogen and oxygen atoms in total. The van der Waals surface area contributed by atoms with Gasteiger partial charge in [0.1, 0.15) is 6.04 Å². The van der Waals surface area contributed by atoms with Gasteiger partial charge in [0.15, 0.2) is 0 Å². The minimum Gasteiger partial charge on any atom is -0.341 e. The van der Waals surface area contributed by atoms with Gasteiger partial charge in [-0.25, -0.2) is 4.79 Å². The summed E-state index contributed by atoms with van der Waals surface area (Å²) in [6.07, 6.45) is -8.40. The Balaban J connectivity index is 2.20. The molecule has 2 rings (SSSR count). The van der Waals surface area contributed by atoms with Crippen molar-refractivity contribution < 1.29 is 35.9 Å². The molecule has 0 saturated carbocycles. The highest BCUT2D eigenvalue weighted by molar-refractivity contribution is 5.94. The SMILES string of the molecule is CC(C)C(NC(=O)Nc1cc(C(F)(F)F)cc(C(F)(F)F)c1)C(=O)N1CCCC1. The van der Waals surface area contributed by atoms with Gasteiger partial charge in [-0.3, -0.25) is 4.79 Å². The molecule has 1 aromatic rings. The second kappa shape index (κ2) is 8.50. The van der Waals surface area contributed by atoms with Gasteiger partial charge in [-0.2, -0.15) is 26.3 Å². The topological polar surface area (TPSA) is 61.4 Å². The van der Waals surface area contributed by atoms with Gasteiger partial charge in [0.2, 0.25) is 5.91 Å². The molecule has 0 bridgehead atoms. The molecule has 1 aromatic carbocycles. The van der Waals surface area contributed by atoms with E-state index in [1.54, 1.807) is 18.7 Å². The van der Waals surface area contributed by atoms with Gasteiger partial charge >= 0.3 is 18.4 Å². The van der Waals surface area contributed by atoms with Crippen LogP contribution in [0.15, 0.2) is 18.2 Å². The molecule has 1 aliphatic heterocycles. The third-order valence-corrected chi connectivity index (χ3v) is 4.48. The summed E-state index contributed by atoms with van der Waals surface area (Å²) in [4.78, 5) is 26.3. The van der Waals surface area contributed by atoms with E-state index in [9.17, 15) is 35.9 Å². The normalized spacial score (nSPS) is 16.1. The maximum absolute atomic E-state index is 12.9. The van der Waals surface area contributed by atoms with E-state index < -0.39 is 41.2 Å². The summed E-state index contributed by atoms with van der Waals surface area (Å²) in [5, 5.41) is 4.33. The van der Waals surface area contributed by atoms with Gasteiger partial charge in [0.05, 0.1) is 11.1 Å². The zero-order valence-electron chi connectivity index (χ0n) is 15.7. The lowest BCUT2D eigenvalue weighted by atomic mass is 10.0. The Kier molecular flexibility index (Phi) is 6.69. The molecule has 1 aliphatic rings. The standard InChI is InChI=1S/C18H21F6N3O2/c1-10(2)14(15(28)27-5-3-4-6-27)26-16(29)25-13-8-11(17(19,20)21)7-12(9-13)18(22,23)24/h7-10,14H,3-6H2,1-2H3,(H2,25,26,29). The number of nitrogens with one attached hydrogen (secondary N) is 2. The number of anilines is 1. The Morgan fingerprint density at radius 1 is 0.931 bits per heavy atom. The first-order valence-corrected chi connectivity index (χ1v) is 8.95. The van der Waals surface area contributed by atoms with E-state index in [1.165, 1.54) is 0 Å². The number of nitrogens with zero attached hydrogens (tertiary/aromatic N) is 1. The summed E-state index contributed by atoms with van der Waals surface area (Å²) in [6, 6.07) is -1.25. The quantitative estimate of drug-likeness (QED) is 0.699. The van der Waals surface area contributed by atoms with Crippen molar-refractivity contribution in [1.29, 1.82) is 0 Å². The molecule has 0 spiro atoms. The van der Waals surface area contributed by atoms with E-state index in [0.29, 0.717) is 25.2 Å². The molecule has 1 fully saturated rings. The highest BCUT2D eigenvalue weighted by Crippen LogP contribution is 2.37. The van der Waals surface area contributed by atoms with Gasteiger partial charge in [0, 0.05) is 18.8 Å². The minimum atomic E-state index is -5.03. The molecule has 0 aliphatic carbocycles.